The number of amides is 2. The number of morpholine rings is 1. The van der Waals surface area contributed by atoms with Gasteiger partial charge >= 0.3 is 6.03 Å². The molecule has 3 N–H and O–H groups in total. The first kappa shape index (κ1) is 20.2. The van der Waals surface area contributed by atoms with E-state index in [9.17, 15) is 4.79 Å². The Bertz CT molecular complexity index is 826. The summed E-state index contributed by atoms with van der Waals surface area (Å²) >= 11 is 6.07. The molecule has 0 spiro atoms. The summed E-state index contributed by atoms with van der Waals surface area (Å²) in [6.07, 6.45) is 0. The molecule has 0 aliphatic carbocycles. The molecule has 3 rings (SSSR count). The average Bonchev–Trinajstić information content (AvgIpc) is 2.68. The summed E-state index contributed by atoms with van der Waals surface area (Å²) in [5, 5.41) is 9.41. The molecule has 9 heteroatoms. The number of benzene rings is 1. The van der Waals surface area contributed by atoms with Gasteiger partial charge in [-0.05, 0) is 31.5 Å². The van der Waals surface area contributed by atoms with E-state index in [1.807, 2.05) is 32.0 Å². The maximum absolute atomic E-state index is 12.0. The first-order chi connectivity index (χ1) is 13.5. The molecule has 1 aliphatic heterocycles. The maximum Gasteiger partial charge on any atom is 0.319 e. The van der Waals surface area contributed by atoms with Crippen molar-refractivity contribution in [2.24, 2.45) is 0 Å². The highest BCUT2D eigenvalue weighted by atomic mass is 35.5. The van der Waals surface area contributed by atoms with Gasteiger partial charge in [0.15, 0.2) is 0 Å². The molecule has 0 bridgehead atoms. The SMILES string of the molecule is Cc1nc(NCCNC(=O)Nc2ccc(C)c(Cl)c2)cc(N2CCOCC2)n1. The van der Waals surface area contributed by atoms with Gasteiger partial charge in [-0.15, -0.1) is 0 Å². The van der Waals surface area contributed by atoms with Gasteiger partial charge in [-0.1, -0.05) is 17.7 Å². The van der Waals surface area contributed by atoms with Crippen molar-refractivity contribution in [2.45, 2.75) is 13.8 Å². The van der Waals surface area contributed by atoms with Gasteiger partial charge in [0.25, 0.3) is 0 Å². The van der Waals surface area contributed by atoms with E-state index >= 15 is 0 Å². The second-order valence-corrected chi connectivity index (χ2v) is 6.94. The highest BCUT2D eigenvalue weighted by Gasteiger charge is 2.14. The van der Waals surface area contributed by atoms with Crippen LogP contribution < -0.4 is 20.9 Å². The molecule has 0 atom stereocenters. The van der Waals surface area contributed by atoms with Crippen LogP contribution in [-0.2, 0) is 4.74 Å². The largest absolute Gasteiger partial charge is 0.378 e. The van der Waals surface area contributed by atoms with E-state index in [-0.39, 0.29) is 6.03 Å². The summed E-state index contributed by atoms with van der Waals surface area (Å²) in [4.78, 5) is 23.1. The van der Waals surface area contributed by atoms with E-state index in [0.29, 0.717) is 42.8 Å². The molecule has 0 unspecified atom stereocenters. The van der Waals surface area contributed by atoms with Gasteiger partial charge in [-0.2, -0.15) is 0 Å². The summed E-state index contributed by atoms with van der Waals surface area (Å²) in [6.45, 7) is 7.82. The van der Waals surface area contributed by atoms with Crippen molar-refractivity contribution in [3.05, 3.63) is 40.7 Å². The van der Waals surface area contributed by atoms with Crippen LogP contribution in [0.4, 0.5) is 22.1 Å². The topological polar surface area (TPSA) is 91.4 Å². The van der Waals surface area contributed by atoms with Crippen LogP contribution in [0.5, 0.6) is 0 Å². The highest BCUT2D eigenvalue weighted by Crippen LogP contribution is 2.20. The van der Waals surface area contributed by atoms with E-state index in [1.54, 1.807) is 6.07 Å². The number of ether oxygens (including phenoxy) is 1. The third-order valence-electron chi connectivity index (χ3n) is 4.31. The lowest BCUT2D eigenvalue weighted by molar-refractivity contribution is 0.122. The van der Waals surface area contributed by atoms with Crippen LogP contribution in [0.2, 0.25) is 5.02 Å². The standard InChI is InChI=1S/C19H25ClN6O2/c1-13-3-4-15(11-16(13)20)25-19(27)22-6-5-21-17-12-18(24-14(2)23-17)26-7-9-28-10-8-26/h3-4,11-12H,5-10H2,1-2H3,(H,21,23,24)(H2,22,25,27). The van der Waals surface area contributed by atoms with Crippen LogP contribution >= 0.6 is 11.6 Å². The smallest absolute Gasteiger partial charge is 0.319 e. The number of urea groups is 1. The predicted molar refractivity (Wildman–Crippen MR) is 112 cm³/mol. The van der Waals surface area contributed by atoms with Crippen molar-refractivity contribution in [1.82, 2.24) is 15.3 Å². The first-order valence-electron chi connectivity index (χ1n) is 9.24. The van der Waals surface area contributed by atoms with Crippen molar-refractivity contribution in [3.8, 4) is 0 Å². The van der Waals surface area contributed by atoms with Crippen LogP contribution in [0.1, 0.15) is 11.4 Å². The normalized spacial score (nSPS) is 13.9. The van der Waals surface area contributed by atoms with Crippen molar-refractivity contribution < 1.29 is 9.53 Å². The predicted octanol–water partition coefficient (Wildman–Crippen LogP) is 2.82. The molecule has 150 valence electrons. The summed E-state index contributed by atoms with van der Waals surface area (Å²) in [5.74, 6) is 2.33. The molecule has 1 saturated heterocycles. The minimum atomic E-state index is -0.283. The molecule has 0 radical (unpaired) electrons. The molecule has 2 heterocycles. The Labute approximate surface area is 169 Å². The van der Waals surface area contributed by atoms with Crippen LogP contribution in [0.3, 0.4) is 0 Å². The summed E-state index contributed by atoms with van der Waals surface area (Å²) in [6, 6.07) is 7.05. The van der Waals surface area contributed by atoms with E-state index in [4.69, 9.17) is 16.3 Å². The fraction of sp³-hybridized carbons (Fsp3) is 0.421. The number of nitrogens with zero attached hydrogens (tertiary/aromatic N) is 3. The zero-order valence-corrected chi connectivity index (χ0v) is 16.8. The van der Waals surface area contributed by atoms with E-state index in [1.165, 1.54) is 0 Å². The molecule has 1 aromatic heterocycles. The first-order valence-corrected chi connectivity index (χ1v) is 9.62. The van der Waals surface area contributed by atoms with Crippen molar-refractivity contribution in [3.63, 3.8) is 0 Å². The Kier molecular flexibility index (Phi) is 6.89. The summed E-state index contributed by atoms with van der Waals surface area (Å²) < 4.78 is 5.38. The molecule has 28 heavy (non-hydrogen) atoms. The molecule has 8 nitrogen and oxygen atoms in total. The lowest BCUT2D eigenvalue weighted by Gasteiger charge is -2.28. The summed E-state index contributed by atoms with van der Waals surface area (Å²) in [7, 11) is 0. The number of aryl methyl sites for hydroxylation is 2. The van der Waals surface area contributed by atoms with Gasteiger partial charge in [0.1, 0.15) is 17.5 Å². The lowest BCUT2D eigenvalue weighted by Crippen LogP contribution is -2.37. The van der Waals surface area contributed by atoms with Crippen LogP contribution in [0.25, 0.3) is 0 Å². The number of aromatic nitrogens is 2. The lowest BCUT2D eigenvalue weighted by atomic mass is 10.2. The van der Waals surface area contributed by atoms with Crippen molar-refractivity contribution >= 4 is 35.0 Å². The second-order valence-electron chi connectivity index (χ2n) is 6.53. The van der Waals surface area contributed by atoms with Crippen LogP contribution in [-0.4, -0.2) is 55.4 Å². The number of hydrogen-bond donors (Lipinski definition) is 3. The second kappa shape index (κ2) is 9.57. The third-order valence-corrected chi connectivity index (χ3v) is 4.71. The molecule has 1 aliphatic rings. The van der Waals surface area contributed by atoms with E-state index in [2.05, 4.69) is 30.8 Å². The molecular weight excluding hydrogens is 380 g/mol. The van der Waals surface area contributed by atoms with Crippen molar-refractivity contribution in [2.75, 3.05) is 54.9 Å². The number of carbonyl (C=O) groups excluding carboxylic acids is 1. The quantitative estimate of drug-likeness (QED) is 0.641. The zero-order valence-electron chi connectivity index (χ0n) is 16.1. The number of rotatable bonds is 6. The van der Waals surface area contributed by atoms with Gasteiger partial charge in [0, 0.05) is 43.0 Å². The number of nitrogens with one attached hydrogen (secondary N) is 3. The Morgan fingerprint density at radius 3 is 2.71 bits per heavy atom. The molecule has 2 amide bonds. The van der Waals surface area contributed by atoms with Gasteiger partial charge in [0.05, 0.1) is 13.2 Å². The minimum Gasteiger partial charge on any atom is -0.378 e. The van der Waals surface area contributed by atoms with Gasteiger partial charge in [-0.25, -0.2) is 14.8 Å². The zero-order chi connectivity index (χ0) is 19.9. The van der Waals surface area contributed by atoms with E-state index < -0.39 is 0 Å². The van der Waals surface area contributed by atoms with Crippen molar-refractivity contribution in [1.29, 1.82) is 0 Å². The van der Waals surface area contributed by atoms with Crippen LogP contribution in [0, 0.1) is 13.8 Å². The average molecular weight is 405 g/mol. The minimum absolute atomic E-state index is 0.283. The molecular formula is C19H25ClN6O2. The summed E-state index contributed by atoms with van der Waals surface area (Å²) in [5.41, 5.74) is 1.62. The Balaban J connectivity index is 1.46. The maximum atomic E-state index is 12.0. The number of carbonyl (C=O) groups is 1. The molecule has 1 aromatic carbocycles. The molecule has 2 aromatic rings. The monoisotopic (exact) mass is 404 g/mol. The Morgan fingerprint density at radius 2 is 1.96 bits per heavy atom. The Morgan fingerprint density at radius 1 is 1.18 bits per heavy atom. The highest BCUT2D eigenvalue weighted by molar-refractivity contribution is 6.31. The third kappa shape index (κ3) is 5.71. The van der Waals surface area contributed by atoms with Crippen LogP contribution in [0.15, 0.2) is 24.3 Å². The molecule has 1 fully saturated rings. The van der Waals surface area contributed by atoms with Gasteiger partial charge < -0.3 is 25.6 Å². The number of halogens is 1. The number of anilines is 3. The molecule has 0 saturated carbocycles. The Hall–Kier alpha value is -2.58. The van der Waals surface area contributed by atoms with Gasteiger partial charge in [0.2, 0.25) is 0 Å². The fourth-order valence-electron chi connectivity index (χ4n) is 2.81. The van der Waals surface area contributed by atoms with Gasteiger partial charge in [-0.3, -0.25) is 0 Å². The van der Waals surface area contributed by atoms with E-state index in [0.717, 1.165) is 30.3 Å². The number of hydrogen-bond acceptors (Lipinski definition) is 6. The fourth-order valence-corrected chi connectivity index (χ4v) is 2.99.